The molecule has 1 aliphatic heterocycles. The molecule has 1 saturated heterocycles. The first kappa shape index (κ1) is 18.7. The van der Waals surface area contributed by atoms with Gasteiger partial charge in [-0.25, -0.2) is 8.42 Å². The molecule has 24 heavy (non-hydrogen) atoms. The van der Waals surface area contributed by atoms with Crippen LogP contribution in [0.25, 0.3) is 0 Å². The van der Waals surface area contributed by atoms with Crippen molar-refractivity contribution in [2.45, 2.75) is 32.6 Å². The van der Waals surface area contributed by atoms with Crippen LogP contribution in [0.1, 0.15) is 32.8 Å². The minimum atomic E-state index is -3.70. The zero-order chi connectivity index (χ0) is 18.3. The van der Waals surface area contributed by atoms with Crippen molar-refractivity contribution < 1.29 is 18.1 Å². The maximum absolute atomic E-state index is 12.2. The molecule has 9 heteroatoms. The second-order valence-electron chi connectivity index (χ2n) is 6.99. The molecule has 1 amide bonds. The number of halogens is 1. The van der Waals surface area contributed by atoms with Crippen molar-refractivity contribution in [3.63, 3.8) is 0 Å². The van der Waals surface area contributed by atoms with Gasteiger partial charge in [-0.05, 0) is 17.5 Å². The number of hydrogen-bond donors (Lipinski definition) is 0. The second-order valence-corrected chi connectivity index (χ2v) is 9.81. The van der Waals surface area contributed by atoms with Gasteiger partial charge in [0.1, 0.15) is 0 Å². The molecule has 1 heterocycles. The number of anilines is 1. The number of carbonyl (C=O) groups is 1. The minimum absolute atomic E-state index is 0.0544. The van der Waals surface area contributed by atoms with Crippen LogP contribution in [-0.2, 0) is 19.3 Å². The van der Waals surface area contributed by atoms with Crippen molar-refractivity contribution in [1.82, 2.24) is 0 Å². The molecular formula is C15H19ClN2O5S. The zero-order valence-electron chi connectivity index (χ0n) is 13.7. The van der Waals surface area contributed by atoms with Gasteiger partial charge < -0.3 is 4.90 Å². The smallest absolute Gasteiger partial charge is 0.275 e. The normalized spacial score (nSPS) is 18.9. The van der Waals surface area contributed by atoms with E-state index in [2.05, 4.69) is 0 Å². The lowest BCUT2D eigenvalue weighted by molar-refractivity contribution is -0.385. The van der Waals surface area contributed by atoms with E-state index in [-0.39, 0.29) is 30.3 Å². The first-order valence-electron chi connectivity index (χ1n) is 7.40. The van der Waals surface area contributed by atoms with Gasteiger partial charge in [0, 0.05) is 41.2 Å². The fourth-order valence-electron chi connectivity index (χ4n) is 2.90. The standard InChI is InChI=1S/C15H19ClN2O5S/c1-15(2,3)12-5-4-11(7-13(12)18(20)21)17-8-10(6-14(17)19)9-24(16,22)23/h4-5,7,10H,6,8-9H2,1-3H3. The van der Waals surface area contributed by atoms with Gasteiger partial charge in [-0.3, -0.25) is 14.9 Å². The maximum atomic E-state index is 12.2. The van der Waals surface area contributed by atoms with Gasteiger partial charge in [-0.15, -0.1) is 0 Å². The fourth-order valence-corrected chi connectivity index (χ4v) is 4.22. The summed E-state index contributed by atoms with van der Waals surface area (Å²) < 4.78 is 22.4. The summed E-state index contributed by atoms with van der Waals surface area (Å²) in [5, 5.41) is 11.4. The molecule has 0 spiro atoms. The summed E-state index contributed by atoms with van der Waals surface area (Å²) >= 11 is 0. The number of hydrogen-bond acceptors (Lipinski definition) is 5. The number of carbonyl (C=O) groups excluding carboxylic acids is 1. The van der Waals surface area contributed by atoms with Crippen LogP contribution in [0.4, 0.5) is 11.4 Å². The molecule has 1 fully saturated rings. The van der Waals surface area contributed by atoms with E-state index in [1.165, 1.54) is 11.0 Å². The van der Waals surface area contributed by atoms with Gasteiger partial charge in [0.15, 0.2) is 0 Å². The van der Waals surface area contributed by atoms with Crippen molar-refractivity contribution in [2.75, 3.05) is 17.2 Å². The van der Waals surface area contributed by atoms with Crippen molar-refractivity contribution >= 4 is 37.0 Å². The molecule has 1 atom stereocenters. The lowest BCUT2D eigenvalue weighted by Crippen LogP contribution is -2.25. The molecule has 0 radical (unpaired) electrons. The molecule has 7 nitrogen and oxygen atoms in total. The molecule has 1 aromatic carbocycles. The quantitative estimate of drug-likeness (QED) is 0.458. The van der Waals surface area contributed by atoms with E-state index >= 15 is 0 Å². The molecule has 0 aliphatic carbocycles. The van der Waals surface area contributed by atoms with Crippen LogP contribution in [0.15, 0.2) is 18.2 Å². The molecule has 132 valence electrons. The van der Waals surface area contributed by atoms with Crippen LogP contribution in [0, 0.1) is 16.0 Å². The van der Waals surface area contributed by atoms with Gasteiger partial charge in [0.25, 0.3) is 5.69 Å². The summed E-state index contributed by atoms with van der Waals surface area (Å²) in [7, 11) is 1.55. The number of rotatable bonds is 4. The largest absolute Gasteiger partial charge is 0.312 e. The SMILES string of the molecule is CC(C)(C)c1ccc(N2CC(CS(=O)(=O)Cl)CC2=O)cc1[N+](=O)[O-]. The Labute approximate surface area is 145 Å². The van der Waals surface area contributed by atoms with Gasteiger partial charge in [0.2, 0.25) is 15.0 Å². The molecule has 2 rings (SSSR count). The monoisotopic (exact) mass is 374 g/mol. The Morgan fingerprint density at radius 1 is 1.38 bits per heavy atom. The van der Waals surface area contributed by atoms with Crippen LogP contribution in [0.3, 0.4) is 0 Å². The van der Waals surface area contributed by atoms with Crippen LogP contribution in [0.5, 0.6) is 0 Å². The van der Waals surface area contributed by atoms with E-state index < -0.39 is 25.3 Å². The molecule has 0 aromatic heterocycles. The Balaban J connectivity index is 2.35. The van der Waals surface area contributed by atoms with E-state index in [1.807, 2.05) is 20.8 Å². The number of nitro groups is 1. The lowest BCUT2D eigenvalue weighted by Gasteiger charge is -2.22. The molecule has 1 aliphatic rings. The average molecular weight is 375 g/mol. The highest BCUT2D eigenvalue weighted by molar-refractivity contribution is 8.13. The first-order valence-corrected chi connectivity index (χ1v) is 9.88. The second kappa shape index (κ2) is 6.33. The molecule has 1 unspecified atom stereocenters. The highest BCUT2D eigenvalue weighted by Gasteiger charge is 2.34. The van der Waals surface area contributed by atoms with Crippen molar-refractivity contribution in [1.29, 1.82) is 0 Å². The summed E-state index contributed by atoms with van der Waals surface area (Å²) in [4.78, 5) is 24.4. The van der Waals surface area contributed by atoms with Gasteiger partial charge in [-0.1, -0.05) is 20.8 Å². The Kier molecular flexibility index (Phi) is 4.92. The molecule has 1 aromatic rings. The highest BCUT2D eigenvalue weighted by atomic mass is 35.7. The number of nitro benzene ring substituents is 1. The Bertz CT molecular complexity index is 786. The van der Waals surface area contributed by atoms with Gasteiger partial charge in [0.05, 0.1) is 16.4 Å². The zero-order valence-corrected chi connectivity index (χ0v) is 15.2. The molecule has 0 N–H and O–H groups in total. The van der Waals surface area contributed by atoms with Crippen molar-refractivity contribution in [3.8, 4) is 0 Å². The van der Waals surface area contributed by atoms with Crippen molar-refractivity contribution in [3.05, 3.63) is 33.9 Å². The number of amides is 1. The van der Waals surface area contributed by atoms with Gasteiger partial charge in [-0.2, -0.15) is 0 Å². The van der Waals surface area contributed by atoms with Crippen LogP contribution < -0.4 is 4.90 Å². The third-order valence-corrected chi connectivity index (χ3v) is 5.19. The van der Waals surface area contributed by atoms with Gasteiger partial charge >= 0.3 is 0 Å². The molecular weight excluding hydrogens is 356 g/mol. The van der Waals surface area contributed by atoms with E-state index in [1.54, 1.807) is 12.1 Å². The summed E-state index contributed by atoms with van der Waals surface area (Å²) in [5.41, 5.74) is 0.503. The summed E-state index contributed by atoms with van der Waals surface area (Å²) in [5.74, 6) is -0.974. The molecule has 0 bridgehead atoms. The highest BCUT2D eigenvalue weighted by Crippen LogP contribution is 2.36. The fraction of sp³-hybridized carbons (Fsp3) is 0.533. The van der Waals surface area contributed by atoms with Crippen LogP contribution in [0.2, 0.25) is 0 Å². The average Bonchev–Trinajstić information content (AvgIpc) is 2.75. The van der Waals surface area contributed by atoms with E-state index in [0.29, 0.717) is 11.3 Å². The predicted molar refractivity (Wildman–Crippen MR) is 91.9 cm³/mol. The lowest BCUT2D eigenvalue weighted by atomic mass is 9.85. The van der Waals surface area contributed by atoms with Crippen molar-refractivity contribution in [2.24, 2.45) is 5.92 Å². The Morgan fingerprint density at radius 3 is 2.50 bits per heavy atom. The maximum Gasteiger partial charge on any atom is 0.275 e. The van der Waals surface area contributed by atoms with E-state index in [0.717, 1.165) is 0 Å². The van der Waals surface area contributed by atoms with E-state index in [9.17, 15) is 23.3 Å². The topological polar surface area (TPSA) is 97.6 Å². The third kappa shape index (κ3) is 4.24. The van der Waals surface area contributed by atoms with E-state index in [4.69, 9.17) is 10.7 Å². The Morgan fingerprint density at radius 2 is 2.00 bits per heavy atom. The summed E-state index contributed by atoms with van der Waals surface area (Å²) in [6, 6.07) is 4.67. The summed E-state index contributed by atoms with van der Waals surface area (Å²) in [6.07, 6.45) is 0.0563. The summed E-state index contributed by atoms with van der Waals surface area (Å²) in [6.45, 7) is 5.79. The third-order valence-electron chi connectivity index (χ3n) is 3.94. The first-order chi connectivity index (χ1) is 10.9. The van der Waals surface area contributed by atoms with Crippen LogP contribution >= 0.6 is 10.7 Å². The number of nitrogens with zero attached hydrogens (tertiary/aromatic N) is 2. The minimum Gasteiger partial charge on any atom is -0.312 e. The predicted octanol–water partition coefficient (Wildman–Crippen LogP) is 2.81. The Hall–Kier alpha value is -1.67. The number of benzene rings is 1. The molecule has 0 saturated carbocycles. The van der Waals surface area contributed by atoms with Crippen LogP contribution in [-0.4, -0.2) is 31.5 Å².